The Labute approximate surface area is 97.6 Å². The molecule has 88 valence electrons. The summed E-state index contributed by atoms with van der Waals surface area (Å²) in [6.07, 6.45) is 0. The maximum Gasteiger partial charge on any atom is 0.358 e. The van der Waals surface area contributed by atoms with Crippen LogP contribution >= 0.6 is 0 Å². The van der Waals surface area contributed by atoms with Gasteiger partial charge in [0, 0.05) is 5.69 Å². The summed E-state index contributed by atoms with van der Waals surface area (Å²) in [7, 11) is 1.29. The highest BCUT2D eigenvalue weighted by Gasteiger charge is 2.13. The molecule has 0 fully saturated rings. The van der Waals surface area contributed by atoms with Crippen LogP contribution in [0.15, 0.2) is 30.3 Å². The molecule has 0 amide bonds. The molecule has 0 saturated heterocycles. The maximum absolute atomic E-state index is 13.1. The van der Waals surface area contributed by atoms with Crippen LogP contribution in [-0.2, 0) is 4.74 Å². The first-order chi connectivity index (χ1) is 8.11. The fourth-order valence-electron chi connectivity index (χ4n) is 1.55. The number of hydrogen-bond acceptors (Lipinski definition) is 3. The van der Waals surface area contributed by atoms with Gasteiger partial charge < -0.3 is 4.74 Å². The number of aryl methyl sites for hydroxylation is 1. The summed E-state index contributed by atoms with van der Waals surface area (Å²) in [5.41, 5.74) is 1.50. The normalized spacial score (nSPS) is 10.3. The van der Waals surface area contributed by atoms with Gasteiger partial charge in [-0.2, -0.15) is 5.10 Å². The van der Waals surface area contributed by atoms with Crippen molar-refractivity contribution in [3.8, 4) is 5.69 Å². The first kappa shape index (κ1) is 11.3. The number of halogens is 1. The van der Waals surface area contributed by atoms with E-state index in [1.165, 1.54) is 23.9 Å². The lowest BCUT2D eigenvalue weighted by Gasteiger charge is -2.03. The van der Waals surface area contributed by atoms with E-state index in [4.69, 9.17) is 0 Å². The largest absolute Gasteiger partial charge is 0.464 e. The van der Waals surface area contributed by atoms with E-state index in [2.05, 4.69) is 9.84 Å². The molecule has 0 aliphatic rings. The third-order valence-corrected chi connectivity index (χ3v) is 2.33. The SMILES string of the molecule is COC(=O)c1cc(C)n(-c2cccc(F)c2)n1. The monoisotopic (exact) mass is 234 g/mol. The molecule has 0 aliphatic heterocycles. The van der Waals surface area contributed by atoms with Crippen LogP contribution in [0, 0.1) is 12.7 Å². The summed E-state index contributed by atoms with van der Waals surface area (Å²) in [5, 5.41) is 4.07. The molecule has 1 aromatic carbocycles. The van der Waals surface area contributed by atoms with Crippen molar-refractivity contribution in [2.24, 2.45) is 0 Å². The number of methoxy groups -OCH3 is 1. The van der Waals surface area contributed by atoms with E-state index in [0.717, 1.165) is 5.69 Å². The fourth-order valence-corrected chi connectivity index (χ4v) is 1.55. The van der Waals surface area contributed by atoms with Gasteiger partial charge in [0.25, 0.3) is 0 Å². The van der Waals surface area contributed by atoms with Crippen molar-refractivity contribution in [1.29, 1.82) is 0 Å². The van der Waals surface area contributed by atoms with Gasteiger partial charge in [0.05, 0.1) is 12.8 Å². The predicted octanol–water partition coefficient (Wildman–Crippen LogP) is 2.11. The minimum Gasteiger partial charge on any atom is -0.464 e. The molecule has 0 atom stereocenters. The van der Waals surface area contributed by atoms with Crippen molar-refractivity contribution in [3.05, 3.63) is 47.5 Å². The molecule has 2 rings (SSSR count). The van der Waals surface area contributed by atoms with E-state index in [1.807, 2.05) is 0 Å². The maximum atomic E-state index is 13.1. The lowest BCUT2D eigenvalue weighted by atomic mass is 10.3. The van der Waals surface area contributed by atoms with E-state index in [-0.39, 0.29) is 11.5 Å². The van der Waals surface area contributed by atoms with Crippen molar-refractivity contribution in [2.45, 2.75) is 6.92 Å². The Morgan fingerprint density at radius 2 is 2.18 bits per heavy atom. The lowest BCUT2D eigenvalue weighted by molar-refractivity contribution is 0.0593. The first-order valence-corrected chi connectivity index (χ1v) is 5.03. The zero-order valence-electron chi connectivity index (χ0n) is 9.48. The summed E-state index contributed by atoms with van der Waals surface area (Å²) in [6.45, 7) is 1.78. The van der Waals surface area contributed by atoms with Crippen molar-refractivity contribution in [2.75, 3.05) is 7.11 Å². The lowest BCUT2D eigenvalue weighted by Crippen LogP contribution is -2.04. The molecule has 17 heavy (non-hydrogen) atoms. The molecule has 2 aromatic rings. The Morgan fingerprint density at radius 3 is 2.82 bits per heavy atom. The Bertz CT molecular complexity index is 563. The van der Waals surface area contributed by atoms with Crippen LogP contribution in [0.5, 0.6) is 0 Å². The van der Waals surface area contributed by atoms with Gasteiger partial charge in [0.15, 0.2) is 5.69 Å². The van der Waals surface area contributed by atoms with E-state index in [1.54, 1.807) is 25.1 Å². The van der Waals surface area contributed by atoms with E-state index < -0.39 is 5.97 Å². The van der Waals surface area contributed by atoms with E-state index in [9.17, 15) is 9.18 Å². The molecule has 5 heteroatoms. The molecule has 1 heterocycles. The number of benzene rings is 1. The van der Waals surface area contributed by atoms with Gasteiger partial charge in [-0.15, -0.1) is 0 Å². The molecular formula is C12H11FN2O2. The highest BCUT2D eigenvalue weighted by Crippen LogP contribution is 2.13. The Kier molecular flexibility index (Phi) is 2.91. The molecule has 0 aliphatic carbocycles. The molecular weight excluding hydrogens is 223 g/mol. The van der Waals surface area contributed by atoms with Crippen LogP contribution in [0.2, 0.25) is 0 Å². The summed E-state index contributed by atoms with van der Waals surface area (Å²) < 4.78 is 19.2. The number of hydrogen-bond donors (Lipinski definition) is 0. The molecule has 0 radical (unpaired) electrons. The zero-order chi connectivity index (χ0) is 12.4. The molecule has 0 unspecified atom stereocenters. The third-order valence-electron chi connectivity index (χ3n) is 2.33. The summed E-state index contributed by atoms with van der Waals surface area (Å²) in [5.74, 6) is -0.861. The average molecular weight is 234 g/mol. The Hall–Kier alpha value is -2.17. The first-order valence-electron chi connectivity index (χ1n) is 5.03. The van der Waals surface area contributed by atoms with Gasteiger partial charge in [-0.1, -0.05) is 6.07 Å². The highest BCUT2D eigenvalue weighted by molar-refractivity contribution is 5.87. The highest BCUT2D eigenvalue weighted by atomic mass is 19.1. The fraction of sp³-hybridized carbons (Fsp3) is 0.167. The minimum atomic E-state index is -0.511. The number of aromatic nitrogens is 2. The second kappa shape index (κ2) is 4.37. The van der Waals surface area contributed by atoms with Crippen molar-refractivity contribution >= 4 is 5.97 Å². The van der Waals surface area contributed by atoms with Gasteiger partial charge in [0.2, 0.25) is 0 Å². The number of esters is 1. The van der Waals surface area contributed by atoms with Crippen molar-refractivity contribution < 1.29 is 13.9 Å². The van der Waals surface area contributed by atoms with E-state index >= 15 is 0 Å². The Morgan fingerprint density at radius 1 is 1.41 bits per heavy atom. The topological polar surface area (TPSA) is 44.1 Å². The van der Waals surface area contributed by atoms with Gasteiger partial charge in [-0.05, 0) is 31.2 Å². The Balaban J connectivity index is 2.46. The summed E-state index contributed by atoms with van der Waals surface area (Å²) >= 11 is 0. The average Bonchev–Trinajstić information content (AvgIpc) is 2.70. The zero-order valence-corrected chi connectivity index (χ0v) is 9.48. The number of nitrogens with zero attached hydrogens (tertiary/aromatic N) is 2. The van der Waals surface area contributed by atoms with Gasteiger partial charge in [-0.3, -0.25) is 0 Å². The molecule has 0 N–H and O–H groups in total. The second-order valence-electron chi connectivity index (χ2n) is 3.55. The van der Waals surface area contributed by atoms with Crippen LogP contribution in [0.1, 0.15) is 16.2 Å². The standard InChI is InChI=1S/C12H11FN2O2/c1-8-6-11(12(16)17-2)14-15(8)10-5-3-4-9(13)7-10/h3-7H,1-2H3. The molecule has 0 bridgehead atoms. The molecule has 4 nitrogen and oxygen atoms in total. The van der Waals surface area contributed by atoms with Gasteiger partial charge in [-0.25, -0.2) is 13.9 Å². The third kappa shape index (κ3) is 2.18. The quantitative estimate of drug-likeness (QED) is 0.747. The van der Waals surface area contributed by atoms with Crippen molar-refractivity contribution in [3.63, 3.8) is 0 Å². The van der Waals surface area contributed by atoms with E-state index in [0.29, 0.717) is 5.69 Å². The molecule has 1 aromatic heterocycles. The van der Waals surface area contributed by atoms with Crippen LogP contribution in [0.3, 0.4) is 0 Å². The van der Waals surface area contributed by atoms with Crippen LogP contribution in [0.4, 0.5) is 4.39 Å². The summed E-state index contributed by atoms with van der Waals surface area (Å²) in [4.78, 5) is 11.3. The number of carbonyl (C=O) groups is 1. The summed E-state index contributed by atoms with van der Waals surface area (Å²) in [6, 6.07) is 7.59. The smallest absolute Gasteiger partial charge is 0.358 e. The number of ether oxygens (including phenoxy) is 1. The van der Waals surface area contributed by atoms with Crippen molar-refractivity contribution in [1.82, 2.24) is 9.78 Å². The second-order valence-corrected chi connectivity index (χ2v) is 3.55. The van der Waals surface area contributed by atoms with Crippen LogP contribution in [0.25, 0.3) is 5.69 Å². The van der Waals surface area contributed by atoms with Crippen LogP contribution in [-0.4, -0.2) is 22.9 Å². The van der Waals surface area contributed by atoms with Gasteiger partial charge in [0.1, 0.15) is 5.82 Å². The number of rotatable bonds is 2. The number of carbonyl (C=O) groups excluding carboxylic acids is 1. The molecule has 0 spiro atoms. The predicted molar refractivity (Wildman–Crippen MR) is 59.6 cm³/mol. The molecule has 0 saturated carbocycles. The van der Waals surface area contributed by atoms with Gasteiger partial charge >= 0.3 is 5.97 Å². The minimum absolute atomic E-state index is 0.203. The van der Waals surface area contributed by atoms with Crippen LogP contribution < -0.4 is 0 Å².